The number of fused-ring (bicyclic) bond motifs is 1. The minimum Gasteiger partial charge on any atom is -0.493 e. The van der Waals surface area contributed by atoms with E-state index in [4.69, 9.17) is 9.47 Å². The molecule has 38 heavy (non-hydrogen) atoms. The molecule has 1 amide bonds. The van der Waals surface area contributed by atoms with Crippen LogP contribution >= 0.6 is 23.1 Å². The summed E-state index contributed by atoms with van der Waals surface area (Å²) in [5.41, 5.74) is 2.16. The van der Waals surface area contributed by atoms with Crippen LogP contribution in [0.5, 0.6) is 11.5 Å². The van der Waals surface area contributed by atoms with Crippen molar-refractivity contribution in [3.05, 3.63) is 88.3 Å². The van der Waals surface area contributed by atoms with E-state index in [1.54, 1.807) is 44.6 Å². The summed E-state index contributed by atoms with van der Waals surface area (Å²) in [4.78, 5) is 35.2. The van der Waals surface area contributed by atoms with E-state index in [0.717, 1.165) is 17.3 Å². The minimum absolute atomic E-state index is 0.0166. The molecule has 0 saturated heterocycles. The zero-order chi connectivity index (χ0) is 26.6. The van der Waals surface area contributed by atoms with Crippen molar-refractivity contribution >= 4 is 45.0 Å². The summed E-state index contributed by atoms with van der Waals surface area (Å²) in [5, 5.41) is 5.81. The van der Waals surface area contributed by atoms with Gasteiger partial charge < -0.3 is 14.8 Å². The third-order valence-electron chi connectivity index (χ3n) is 5.59. The number of hydrogen-bond acceptors (Lipinski definition) is 8. The molecule has 0 aliphatic heterocycles. The van der Waals surface area contributed by atoms with Crippen LogP contribution in [0.3, 0.4) is 0 Å². The third-order valence-corrected chi connectivity index (χ3v) is 7.29. The van der Waals surface area contributed by atoms with Gasteiger partial charge in [0.05, 0.1) is 42.3 Å². The maximum absolute atomic E-state index is 13.5. The Morgan fingerprint density at radius 3 is 2.55 bits per heavy atom. The van der Waals surface area contributed by atoms with Gasteiger partial charge in [-0.15, -0.1) is 11.3 Å². The Hall–Kier alpha value is -4.22. The van der Waals surface area contributed by atoms with Gasteiger partial charge in [-0.25, -0.2) is 14.4 Å². The predicted octanol–water partition coefficient (Wildman–Crippen LogP) is 5.40. The van der Waals surface area contributed by atoms with Crippen molar-refractivity contribution in [2.75, 3.05) is 25.3 Å². The molecule has 0 unspecified atom stereocenters. The molecular weight excluding hydrogens is 527 g/mol. The number of carbonyl (C=O) groups is 1. The quantitative estimate of drug-likeness (QED) is 0.205. The molecule has 0 saturated carbocycles. The second-order valence-corrected chi connectivity index (χ2v) is 9.77. The molecular formula is C27H21FN4O4S2. The first-order valence-corrected chi connectivity index (χ1v) is 13.2. The lowest BCUT2D eigenvalue weighted by atomic mass is 10.1. The number of aromatic nitrogens is 3. The van der Waals surface area contributed by atoms with Gasteiger partial charge in [0, 0.05) is 10.9 Å². The summed E-state index contributed by atoms with van der Waals surface area (Å²) in [6.45, 7) is 0. The molecule has 0 atom stereocenters. The van der Waals surface area contributed by atoms with Gasteiger partial charge in [0.25, 0.3) is 5.56 Å². The van der Waals surface area contributed by atoms with E-state index in [0.29, 0.717) is 44.1 Å². The van der Waals surface area contributed by atoms with Crippen molar-refractivity contribution in [2.24, 2.45) is 0 Å². The lowest BCUT2D eigenvalue weighted by Crippen LogP contribution is -2.23. The normalized spacial score (nSPS) is 10.9. The number of para-hydroxylation sites is 1. The van der Waals surface area contributed by atoms with Crippen LogP contribution in [0.15, 0.2) is 82.1 Å². The molecule has 1 N–H and O–H groups in total. The van der Waals surface area contributed by atoms with Gasteiger partial charge >= 0.3 is 0 Å². The number of carbonyl (C=O) groups excluding carboxylic acids is 1. The number of rotatable bonds is 8. The molecule has 3 aromatic carbocycles. The number of thiazole rings is 1. The van der Waals surface area contributed by atoms with Crippen molar-refractivity contribution in [1.29, 1.82) is 0 Å². The molecule has 0 aliphatic carbocycles. The smallest absolute Gasteiger partial charge is 0.266 e. The van der Waals surface area contributed by atoms with E-state index >= 15 is 0 Å². The highest BCUT2D eigenvalue weighted by atomic mass is 32.2. The number of amides is 1. The number of thioether (sulfide) groups is 1. The van der Waals surface area contributed by atoms with Gasteiger partial charge in [0.1, 0.15) is 5.82 Å². The molecule has 0 aliphatic rings. The number of halogens is 1. The average molecular weight is 549 g/mol. The highest BCUT2D eigenvalue weighted by molar-refractivity contribution is 7.99. The molecule has 192 valence electrons. The lowest BCUT2D eigenvalue weighted by molar-refractivity contribution is -0.113. The van der Waals surface area contributed by atoms with Crippen LogP contribution in [0, 0.1) is 5.82 Å². The first kappa shape index (κ1) is 25.4. The van der Waals surface area contributed by atoms with Crippen LogP contribution in [0.4, 0.5) is 9.52 Å². The maximum atomic E-state index is 13.5. The fourth-order valence-electron chi connectivity index (χ4n) is 3.77. The number of hydrogen-bond donors (Lipinski definition) is 1. The summed E-state index contributed by atoms with van der Waals surface area (Å²) >= 11 is 2.40. The Morgan fingerprint density at radius 2 is 1.79 bits per heavy atom. The standard InChI is InChI=1S/C27H21FN4O4S2/c1-35-22-12-7-16(13-23(22)36-2)21-14-37-26(29-21)31-24(33)15-38-27-30-20-6-4-3-5-19(20)25(34)32(27)18-10-8-17(28)9-11-18/h3-14H,15H2,1-2H3,(H,29,31,33). The second kappa shape index (κ2) is 11.0. The molecule has 0 radical (unpaired) electrons. The number of anilines is 1. The van der Waals surface area contributed by atoms with E-state index < -0.39 is 5.82 Å². The van der Waals surface area contributed by atoms with E-state index in [1.165, 1.54) is 40.2 Å². The molecule has 2 aromatic heterocycles. The second-order valence-electron chi connectivity index (χ2n) is 7.97. The molecule has 5 rings (SSSR count). The van der Waals surface area contributed by atoms with Gasteiger partial charge in [0.2, 0.25) is 5.91 Å². The Morgan fingerprint density at radius 1 is 1.03 bits per heavy atom. The molecule has 0 bridgehead atoms. The SMILES string of the molecule is COc1ccc(-c2csc(NC(=O)CSc3nc4ccccc4c(=O)n3-c3ccc(F)cc3)n2)cc1OC. The largest absolute Gasteiger partial charge is 0.493 e. The zero-order valence-electron chi connectivity index (χ0n) is 20.3. The Labute approximate surface area is 225 Å². The lowest BCUT2D eigenvalue weighted by Gasteiger charge is -2.13. The number of nitrogens with one attached hydrogen (secondary N) is 1. The summed E-state index contributed by atoms with van der Waals surface area (Å²) < 4.78 is 25.5. The van der Waals surface area contributed by atoms with E-state index in [-0.39, 0.29) is 17.2 Å². The third kappa shape index (κ3) is 5.24. The fraction of sp³-hybridized carbons (Fsp3) is 0.111. The van der Waals surface area contributed by atoms with E-state index in [2.05, 4.69) is 15.3 Å². The number of benzene rings is 3. The molecule has 11 heteroatoms. The molecule has 2 heterocycles. The predicted molar refractivity (Wildman–Crippen MR) is 147 cm³/mol. The van der Waals surface area contributed by atoms with Crippen LogP contribution in [0.25, 0.3) is 27.8 Å². The van der Waals surface area contributed by atoms with E-state index in [1.807, 2.05) is 17.5 Å². The van der Waals surface area contributed by atoms with Gasteiger partial charge in [-0.2, -0.15) is 0 Å². The summed E-state index contributed by atoms with van der Waals surface area (Å²) in [6, 6.07) is 18.0. The topological polar surface area (TPSA) is 95.3 Å². The van der Waals surface area contributed by atoms with Crippen LogP contribution in [-0.2, 0) is 4.79 Å². The van der Waals surface area contributed by atoms with Gasteiger partial charge in [-0.1, -0.05) is 23.9 Å². The first-order chi connectivity index (χ1) is 18.5. The van der Waals surface area contributed by atoms with Crippen LogP contribution in [0.2, 0.25) is 0 Å². The van der Waals surface area contributed by atoms with Crippen molar-refractivity contribution in [1.82, 2.24) is 14.5 Å². The van der Waals surface area contributed by atoms with Crippen LogP contribution in [-0.4, -0.2) is 40.4 Å². The van der Waals surface area contributed by atoms with Crippen molar-refractivity contribution in [2.45, 2.75) is 5.16 Å². The molecule has 5 aromatic rings. The Bertz CT molecular complexity index is 1690. The number of ether oxygens (including phenoxy) is 2. The fourth-order valence-corrected chi connectivity index (χ4v) is 5.32. The van der Waals surface area contributed by atoms with E-state index in [9.17, 15) is 14.0 Å². The molecule has 0 fully saturated rings. The summed E-state index contributed by atoms with van der Waals surface area (Å²) in [6.07, 6.45) is 0. The highest BCUT2D eigenvalue weighted by Crippen LogP contribution is 2.33. The number of nitrogens with zero attached hydrogens (tertiary/aromatic N) is 3. The molecule has 0 spiro atoms. The van der Waals surface area contributed by atoms with Gasteiger partial charge in [-0.05, 0) is 54.6 Å². The summed E-state index contributed by atoms with van der Waals surface area (Å²) in [7, 11) is 3.13. The maximum Gasteiger partial charge on any atom is 0.266 e. The van der Waals surface area contributed by atoms with Crippen LogP contribution in [0.1, 0.15) is 0 Å². The molecule has 8 nitrogen and oxygen atoms in total. The zero-order valence-corrected chi connectivity index (χ0v) is 21.9. The minimum atomic E-state index is -0.417. The Balaban J connectivity index is 1.35. The number of methoxy groups -OCH3 is 2. The highest BCUT2D eigenvalue weighted by Gasteiger charge is 2.16. The van der Waals surface area contributed by atoms with Crippen molar-refractivity contribution in [3.63, 3.8) is 0 Å². The van der Waals surface area contributed by atoms with Gasteiger partial charge in [-0.3, -0.25) is 14.2 Å². The summed E-state index contributed by atoms with van der Waals surface area (Å²) in [5.74, 6) is 0.446. The van der Waals surface area contributed by atoms with Gasteiger partial charge in [0.15, 0.2) is 21.8 Å². The van der Waals surface area contributed by atoms with Crippen molar-refractivity contribution < 1.29 is 18.7 Å². The Kier molecular flexibility index (Phi) is 7.38. The average Bonchev–Trinajstić information content (AvgIpc) is 3.40. The monoisotopic (exact) mass is 548 g/mol. The van der Waals surface area contributed by atoms with Crippen molar-refractivity contribution in [3.8, 4) is 28.4 Å². The first-order valence-electron chi connectivity index (χ1n) is 11.3. The van der Waals surface area contributed by atoms with Crippen LogP contribution < -0.4 is 20.3 Å².